The Kier molecular flexibility index (Phi) is 3.45. The lowest BCUT2D eigenvalue weighted by atomic mass is 10.00. The Balaban J connectivity index is 1.78. The summed E-state index contributed by atoms with van der Waals surface area (Å²) >= 11 is 0. The van der Waals surface area contributed by atoms with Crippen molar-refractivity contribution >= 4 is 11.4 Å². The monoisotopic (exact) mass is 319 g/mol. The molecule has 1 N–H and O–H groups in total. The molecule has 0 amide bonds. The van der Waals surface area contributed by atoms with Crippen LogP contribution in [0.3, 0.4) is 0 Å². The summed E-state index contributed by atoms with van der Waals surface area (Å²) in [6.07, 6.45) is 2.11. The number of methoxy groups -OCH3 is 1. The summed E-state index contributed by atoms with van der Waals surface area (Å²) in [5.74, 6) is 0.860. The predicted octanol–water partition coefficient (Wildman–Crippen LogP) is 4.07. The van der Waals surface area contributed by atoms with Crippen molar-refractivity contribution in [1.82, 2.24) is 4.57 Å². The Bertz CT molecular complexity index is 865. The Morgan fingerprint density at radius 2 is 1.83 bits per heavy atom. The number of anilines is 2. The van der Waals surface area contributed by atoms with Crippen molar-refractivity contribution in [2.75, 3.05) is 31.4 Å². The van der Waals surface area contributed by atoms with Crippen LogP contribution in [-0.4, -0.2) is 25.8 Å². The summed E-state index contributed by atoms with van der Waals surface area (Å²) in [4.78, 5) is 2.11. The quantitative estimate of drug-likeness (QED) is 0.789. The largest absolute Gasteiger partial charge is 0.497 e. The van der Waals surface area contributed by atoms with E-state index in [9.17, 15) is 0 Å². The molecule has 0 fully saturated rings. The molecule has 0 radical (unpaired) electrons. The highest BCUT2D eigenvalue weighted by molar-refractivity contribution is 5.69. The molecule has 1 aromatic heterocycles. The summed E-state index contributed by atoms with van der Waals surface area (Å²) < 4.78 is 7.62. The van der Waals surface area contributed by atoms with Crippen LogP contribution in [0.1, 0.15) is 17.3 Å². The average molecular weight is 319 g/mol. The SMILES string of the molecule is COc1ccc2c(c1)N[C@@H](c1ccc(N(C)C)cc1)c1cccn1-2. The normalized spacial score (nSPS) is 15.2. The van der Waals surface area contributed by atoms with Crippen molar-refractivity contribution in [1.29, 1.82) is 0 Å². The van der Waals surface area contributed by atoms with Gasteiger partial charge < -0.3 is 19.5 Å². The first-order valence-electron chi connectivity index (χ1n) is 8.07. The highest BCUT2D eigenvalue weighted by atomic mass is 16.5. The van der Waals surface area contributed by atoms with Crippen LogP contribution in [0, 0.1) is 0 Å². The molecule has 2 aromatic carbocycles. The number of ether oxygens (including phenoxy) is 1. The Morgan fingerprint density at radius 1 is 1.04 bits per heavy atom. The van der Waals surface area contributed by atoms with Crippen LogP contribution in [0.4, 0.5) is 11.4 Å². The molecule has 0 unspecified atom stereocenters. The van der Waals surface area contributed by atoms with Gasteiger partial charge in [0.05, 0.1) is 24.5 Å². The van der Waals surface area contributed by atoms with Crippen LogP contribution in [0.15, 0.2) is 60.8 Å². The topological polar surface area (TPSA) is 29.4 Å². The van der Waals surface area contributed by atoms with Gasteiger partial charge in [0, 0.05) is 37.7 Å². The van der Waals surface area contributed by atoms with Gasteiger partial charge in [0.25, 0.3) is 0 Å². The van der Waals surface area contributed by atoms with Crippen molar-refractivity contribution in [3.05, 3.63) is 72.1 Å². The average Bonchev–Trinajstić information content (AvgIpc) is 3.10. The number of nitrogens with one attached hydrogen (secondary N) is 1. The predicted molar refractivity (Wildman–Crippen MR) is 98.6 cm³/mol. The number of rotatable bonds is 3. The van der Waals surface area contributed by atoms with Crippen LogP contribution in [0.5, 0.6) is 5.75 Å². The second-order valence-electron chi connectivity index (χ2n) is 6.25. The van der Waals surface area contributed by atoms with Gasteiger partial charge in [-0.2, -0.15) is 0 Å². The van der Waals surface area contributed by atoms with E-state index in [4.69, 9.17) is 4.74 Å². The highest BCUT2D eigenvalue weighted by Crippen LogP contribution is 2.38. The molecule has 0 aliphatic carbocycles. The van der Waals surface area contributed by atoms with E-state index in [1.807, 2.05) is 6.07 Å². The molecule has 4 heteroatoms. The van der Waals surface area contributed by atoms with Gasteiger partial charge in [0.1, 0.15) is 5.75 Å². The molecule has 122 valence electrons. The molecule has 1 atom stereocenters. The van der Waals surface area contributed by atoms with Crippen molar-refractivity contribution in [2.45, 2.75) is 6.04 Å². The minimum atomic E-state index is 0.121. The Labute approximate surface area is 142 Å². The van der Waals surface area contributed by atoms with Gasteiger partial charge in [-0.05, 0) is 42.0 Å². The number of nitrogens with zero attached hydrogens (tertiary/aromatic N) is 2. The van der Waals surface area contributed by atoms with E-state index >= 15 is 0 Å². The molecule has 4 rings (SSSR count). The zero-order chi connectivity index (χ0) is 16.7. The van der Waals surface area contributed by atoms with Crippen LogP contribution in [0.2, 0.25) is 0 Å². The maximum absolute atomic E-state index is 5.38. The molecule has 2 heterocycles. The number of hydrogen-bond donors (Lipinski definition) is 1. The summed E-state index contributed by atoms with van der Waals surface area (Å²) in [6, 6.07) is 19.2. The molecule has 1 aliphatic rings. The van der Waals surface area contributed by atoms with E-state index in [2.05, 4.69) is 83.6 Å². The first-order chi connectivity index (χ1) is 11.7. The lowest BCUT2D eigenvalue weighted by Gasteiger charge is -2.30. The minimum Gasteiger partial charge on any atom is -0.497 e. The maximum atomic E-state index is 5.38. The van der Waals surface area contributed by atoms with Crippen molar-refractivity contribution < 1.29 is 4.74 Å². The van der Waals surface area contributed by atoms with Crippen molar-refractivity contribution in [2.24, 2.45) is 0 Å². The van der Waals surface area contributed by atoms with Crippen LogP contribution in [-0.2, 0) is 0 Å². The zero-order valence-electron chi connectivity index (χ0n) is 14.2. The molecule has 0 spiro atoms. The molecule has 24 heavy (non-hydrogen) atoms. The molecule has 4 nitrogen and oxygen atoms in total. The fourth-order valence-corrected chi connectivity index (χ4v) is 3.27. The minimum absolute atomic E-state index is 0.121. The van der Waals surface area contributed by atoms with Gasteiger partial charge in [-0.15, -0.1) is 0 Å². The summed E-state index contributed by atoms with van der Waals surface area (Å²) in [7, 11) is 5.81. The third kappa shape index (κ3) is 2.31. The van der Waals surface area contributed by atoms with E-state index in [0.29, 0.717) is 0 Å². The Hall–Kier alpha value is -2.88. The van der Waals surface area contributed by atoms with Gasteiger partial charge in [-0.3, -0.25) is 0 Å². The van der Waals surface area contributed by atoms with E-state index in [1.165, 1.54) is 16.9 Å². The van der Waals surface area contributed by atoms with E-state index in [1.54, 1.807) is 7.11 Å². The maximum Gasteiger partial charge on any atom is 0.121 e. The standard InChI is InChI=1S/C20H21N3O/c1-22(2)15-8-6-14(7-9-15)20-19-5-4-12-23(19)18-11-10-16(24-3)13-17(18)21-20/h4-13,20-21H,1-3H3/t20-/m0/s1. The van der Waals surface area contributed by atoms with E-state index < -0.39 is 0 Å². The second kappa shape index (κ2) is 5.64. The third-order valence-corrected chi connectivity index (χ3v) is 4.58. The third-order valence-electron chi connectivity index (χ3n) is 4.58. The van der Waals surface area contributed by atoms with Gasteiger partial charge in [-0.25, -0.2) is 0 Å². The number of fused-ring (bicyclic) bond motifs is 3. The first kappa shape index (κ1) is 14.7. The molecular formula is C20H21N3O. The molecule has 0 bridgehead atoms. The molecule has 0 saturated heterocycles. The summed E-state index contributed by atoms with van der Waals surface area (Å²) in [5.41, 5.74) is 5.92. The van der Waals surface area contributed by atoms with Crippen molar-refractivity contribution in [3.63, 3.8) is 0 Å². The molecule has 1 aliphatic heterocycles. The number of benzene rings is 2. The van der Waals surface area contributed by atoms with Crippen molar-refractivity contribution in [3.8, 4) is 11.4 Å². The Morgan fingerprint density at radius 3 is 2.54 bits per heavy atom. The highest BCUT2D eigenvalue weighted by Gasteiger charge is 2.25. The van der Waals surface area contributed by atoms with E-state index in [0.717, 1.165) is 17.1 Å². The second-order valence-corrected chi connectivity index (χ2v) is 6.25. The fourth-order valence-electron chi connectivity index (χ4n) is 3.27. The zero-order valence-corrected chi connectivity index (χ0v) is 14.2. The fraction of sp³-hybridized carbons (Fsp3) is 0.200. The van der Waals surface area contributed by atoms with Gasteiger partial charge in [0.2, 0.25) is 0 Å². The van der Waals surface area contributed by atoms with Gasteiger partial charge >= 0.3 is 0 Å². The molecule has 0 saturated carbocycles. The lowest BCUT2D eigenvalue weighted by molar-refractivity contribution is 0.415. The van der Waals surface area contributed by atoms with Crippen LogP contribution < -0.4 is 15.0 Å². The summed E-state index contributed by atoms with van der Waals surface area (Å²) in [5, 5.41) is 3.66. The van der Waals surface area contributed by atoms with Gasteiger partial charge in [-0.1, -0.05) is 12.1 Å². The first-order valence-corrected chi connectivity index (χ1v) is 8.07. The van der Waals surface area contributed by atoms with Crippen LogP contribution >= 0.6 is 0 Å². The molecule has 3 aromatic rings. The van der Waals surface area contributed by atoms with E-state index in [-0.39, 0.29) is 6.04 Å². The lowest BCUT2D eigenvalue weighted by Crippen LogP contribution is -2.22. The molecular weight excluding hydrogens is 298 g/mol. The van der Waals surface area contributed by atoms with Gasteiger partial charge in [0.15, 0.2) is 0 Å². The summed E-state index contributed by atoms with van der Waals surface area (Å²) in [6.45, 7) is 0. The number of aromatic nitrogens is 1. The number of hydrogen-bond acceptors (Lipinski definition) is 3. The smallest absolute Gasteiger partial charge is 0.121 e. The van der Waals surface area contributed by atoms with Crippen LogP contribution in [0.25, 0.3) is 5.69 Å².